The number of nitrogens with two attached hydrogens (primary N) is 2. The topological polar surface area (TPSA) is 130 Å². The van der Waals surface area contributed by atoms with Gasteiger partial charge in [-0.3, -0.25) is 14.9 Å². The fourth-order valence-electron chi connectivity index (χ4n) is 5.62. The highest BCUT2D eigenvalue weighted by Crippen LogP contribution is 2.39. The summed E-state index contributed by atoms with van der Waals surface area (Å²) in [5.41, 5.74) is 8.57. The molecule has 0 spiro atoms. The Hall–Kier alpha value is -4.13. The standard InChI is InChI=1S/C32H35ClF3N7O2/c33-25-3-1-2-23(14-25)24-15-26(32(34,35)36)30(40-18-24)42-12-10-21(11-13-42)17-39-16-20-4-6-22(7-5-20)27(37)19-43(38)28-8-9-29(44)41-31(28)45/h1-7,14-15,18-19,21,28,39H,8-13,16-17,37-38H2,(H,41,44,45)/b27-19-. The number of hydrazine groups is 1. The minimum absolute atomic E-state index is 0.0389. The van der Waals surface area contributed by atoms with Gasteiger partial charge >= 0.3 is 6.18 Å². The lowest BCUT2D eigenvalue weighted by atomic mass is 9.96. The Morgan fingerprint density at radius 1 is 1.09 bits per heavy atom. The van der Waals surface area contributed by atoms with Crippen LogP contribution in [0.5, 0.6) is 0 Å². The van der Waals surface area contributed by atoms with Crippen molar-refractivity contribution in [2.45, 2.75) is 44.4 Å². The Bertz CT molecular complexity index is 1560. The zero-order valence-electron chi connectivity index (χ0n) is 24.5. The van der Waals surface area contributed by atoms with Crippen molar-refractivity contribution in [3.8, 4) is 11.1 Å². The molecule has 2 aromatic carbocycles. The maximum Gasteiger partial charge on any atom is 0.419 e. The van der Waals surface area contributed by atoms with Gasteiger partial charge in [0.1, 0.15) is 11.9 Å². The molecule has 0 aliphatic carbocycles. The van der Waals surface area contributed by atoms with E-state index in [1.54, 1.807) is 29.2 Å². The van der Waals surface area contributed by atoms with E-state index in [-0.39, 0.29) is 18.1 Å². The fraction of sp³-hybridized carbons (Fsp3) is 0.344. The predicted octanol–water partition coefficient (Wildman–Crippen LogP) is 4.67. The molecule has 0 radical (unpaired) electrons. The minimum Gasteiger partial charge on any atom is -0.397 e. The van der Waals surface area contributed by atoms with Crippen LogP contribution in [0.4, 0.5) is 19.0 Å². The second-order valence-electron chi connectivity index (χ2n) is 11.4. The number of aromatic nitrogens is 1. The van der Waals surface area contributed by atoms with Gasteiger partial charge in [-0.15, -0.1) is 0 Å². The predicted molar refractivity (Wildman–Crippen MR) is 167 cm³/mol. The van der Waals surface area contributed by atoms with Gasteiger partial charge in [0.05, 0.1) is 11.3 Å². The van der Waals surface area contributed by atoms with Gasteiger partial charge in [0.15, 0.2) is 0 Å². The van der Waals surface area contributed by atoms with Crippen LogP contribution in [0.1, 0.15) is 42.4 Å². The van der Waals surface area contributed by atoms with E-state index in [0.717, 1.165) is 36.6 Å². The summed E-state index contributed by atoms with van der Waals surface area (Å²) >= 11 is 6.04. The van der Waals surface area contributed by atoms with Crippen molar-refractivity contribution >= 4 is 34.9 Å². The molecule has 0 saturated carbocycles. The zero-order chi connectivity index (χ0) is 32.1. The summed E-state index contributed by atoms with van der Waals surface area (Å²) in [6, 6.07) is 14.8. The highest BCUT2D eigenvalue weighted by atomic mass is 35.5. The molecule has 0 bridgehead atoms. The van der Waals surface area contributed by atoms with Crippen LogP contribution >= 0.6 is 11.6 Å². The molecule has 3 aromatic rings. The quantitative estimate of drug-likeness (QED) is 0.151. The number of nitrogens with zero attached hydrogens (tertiary/aromatic N) is 3. The van der Waals surface area contributed by atoms with Crippen molar-refractivity contribution in [3.05, 3.63) is 88.7 Å². The van der Waals surface area contributed by atoms with Crippen LogP contribution in [0.3, 0.4) is 0 Å². The lowest BCUT2D eigenvalue weighted by Gasteiger charge is -2.34. The number of hydrogen-bond acceptors (Lipinski definition) is 8. The summed E-state index contributed by atoms with van der Waals surface area (Å²) in [6.07, 6.45) is 0.439. The Balaban J connectivity index is 1.11. The number of alkyl halides is 3. The third kappa shape index (κ3) is 8.13. The van der Waals surface area contributed by atoms with Crippen LogP contribution in [0.25, 0.3) is 16.8 Å². The molecule has 3 heterocycles. The first-order chi connectivity index (χ1) is 21.5. The Morgan fingerprint density at radius 2 is 1.82 bits per heavy atom. The molecule has 1 aromatic heterocycles. The van der Waals surface area contributed by atoms with E-state index in [2.05, 4.69) is 15.6 Å². The number of nitrogens with one attached hydrogen (secondary N) is 2. The number of rotatable bonds is 9. The highest BCUT2D eigenvalue weighted by molar-refractivity contribution is 6.30. The van der Waals surface area contributed by atoms with Crippen molar-refractivity contribution in [2.75, 3.05) is 24.5 Å². The molecular formula is C32H35ClF3N7O2. The molecule has 2 aliphatic heterocycles. The van der Waals surface area contributed by atoms with Gasteiger partial charge in [-0.25, -0.2) is 10.8 Å². The Morgan fingerprint density at radius 3 is 2.49 bits per heavy atom. The first-order valence-corrected chi connectivity index (χ1v) is 15.1. The van der Waals surface area contributed by atoms with E-state index in [1.807, 2.05) is 24.3 Å². The van der Waals surface area contributed by atoms with Crippen LogP contribution in [-0.2, 0) is 22.3 Å². The summed E-state index contributed by atoms with van der Waals surface area (Å²) in [4.78, 5) is 29.4. The maximum absolute atomic E-state index is 14.1. The number of hydrogen-bond donors (Lipinski definition) is 4. The van der Waals surface area contributed by atoms with E-state index in [9.17, 15) is 22.8 Å². The highest BCUT2D eigenvalue weighted by Gasteiger charge is 2.37. The van der Waals surface area contributed by atoms with Crippen LogP contribution in [0.2, 0.25) is 5.02 Å². The number of carbonyl (C=O) groups excluding carboxylic acids is 2. The van der Waals surface area contributed by atoms with Gasteiger partial charge in [-0.1, -0.05) is 48.0 Å². The molecule has 2 aliphatic rings. The Kier molecular flexibility index (Phi) is 9.96. The largest absolute Gasteiger partial charge is 0.419 e. The second-order valence-corrected chi connectivity index (χ2v) is 11.8. The van der Waals surface area contributed by atoms with Gasteiger partial charge in [-0.05, 0) is 66.6 Å². The first kappa shape index (κ1) is 32.3. The first-order valence-electron chi connectivity index (χ1n) is 14.7. The van der Waals surface area contributed by atoms with Crippen molar-refractivity contribution < 1.29 is 22.8 Å². The molecule has 2 fully saturated rings. The third-order valence-electron chi connectivity index (χ3n) is 8.15. The number of carbonyl (C=O) groups is 2. The Labute approximate surface area is 264 Å². The number of amides is 2. The van der Waals surface area contributed by atoms with E-state index in [4.69, 9.17) is 23.2 Å². The molecule has 9 nitrogen and oxygen atoms in total. The summed E-state index contributed by atoms with van der Waals surface area (Å²) in [5, 5.41) is 7.40. The van der Waals surface area contributed by atoms with Crippen molar-refractivity contribution in [2.24, 2.45) is 17.5 Å². The molecule has 45 heavy (non-hydrogen) atoms. The zero-order valence-corrected chi connectivity index (χ0v) is 25.2. The summed E-state index contributed by atoms with van der Waals surface area (Å²) in [6.45, 7) is 2.32. The molecule has 13 heteroatoms. The number of imide groups is 1. The van der Waals surface area contributed by atoms with E-state index < -0.39 is 23.7 Å². The molecular weight excluding hydrogens is 607 g/mol. The van der Waals surface area contributed by atoms with Gasteiger partial charge in [-0.2, -0.15) is 13.2 Å². The molecule has 1 atom stereocenters. The average Bonchev–Trinajstić information content (AvgIpc) is 3.01. The molecule has 6 N–H and O–H groups in total. The monoisotopic (exact) mass is 641 g/mol. The maximum atomic E-state index is 14.1. The SMILES string of the molecule is N/C(=C\N(N)C1CCC(=O)NC1=O)c1ccc(CNCC2CCN(c3ncc(-c4cccc(Cl)c4)cc3C(F)(F)F)CC2)cc1. The third-order valence-corrected chi connectivity index (χ3v) is 8.39. The van der Waals surface area contributed by atoms with Gasteiger partial charge < -0.3 is 21.0 Å². The van der Waals surface area contributed by atoms with Gasteiger partial charge in [0, 0.05) is 49.0 Å². The van der Waals surface area contributed by atoms with Crippen LogP contribution in [0, 0.1) is 5.92 Å². The lowest BCUT2D eigenvalue weighted by Crippen LogP contribution is -2.53. The van der Waals surface area contributed by atoms with Crippen molar-refractivity contribution in [1.82, 2.24) is 20.6 Å². The number of piperidine rings is 2. The van der Waals surface area contributed by atoms with Crippen molar-refractivity contribution in [3.63, 3.8) is 0 Å². The van der Waals surface area contributed by atoms with Crippen molar-refractivity contribution in [1.29, 1.82) is 0 Å². The number of benzene rings is 2. The second kappa shape index (κ2) is 13.9. The minimum atomic E-state index is -4.54. The lowest BCUT2D eigenvalue weighted by molar-refractivity contribution is -0.138. The van der Waals surface area contributed by atoms with Crippen LogP contribution in [-0.4, -0.2) is 47.5 Å². The smallest absolute Gasteiger partial charge is 0.397 e. The molecule has 5 rings (SSSR count). The normalized spacial score (nSPS) is 18.2. The summed E-state index contributed by atoms with van der Waals surface area (Å²) in [5.74, 6) is 5.54. The molecule has 2 saturated heterocycles. The van der Waals surface area contributed by atoms with Crippen LogP contribution < -0.4 is 27.1 Å². The average molecular weight is 642 g/mol. The van der Waals surface area contributed by atoms with E-state index in [0.29, 0.717) is 53.8 Å². The van der Waals surface area contributed by atoms with E-state index >= 15 is 0 Å². The fourth-order valence-corrected chi connectivity index (χ4v) is 5.81. The van der Waals surface area contributed by atoms with Gasteiger partial charge in [0.25, 0.3) is 5.91 Å². The van der Waals surface area contributed by atoms with E-state index in [1.165, 1.54) is 17.4 Å². The van der Waals surface area contributed by atoms with Crippen LogP contribution in [0.15, 0.2) is 67.0 Å². The van der Waals surface area contributed by atoms with Gasteiger partial charge in [0.2, 0.25) is 5.91 Å². The number of halogens is 4. The summed E-state index contributed by atoms with van der Waals surface area (Å²) in [7, 11) is 0. The number of anilines is 1. The molecule has 1 unspecified atom stereocenters. The summed E-state index contributed by atoms with van der Waals surface area (Å²) < 4.78 is 42.2. The number of pyridine rings is 1. The molecule has 2 amide bonds. The molecule has 238 valence electrons.